The third-order valence-corrected chi connectivity index (χ3v) is 5.02. The van der Waals surface area contributed by atoms with E-state index in [4.69, 9.17) is 10.00 Å². The number of hydrogen-bond acceptors (Lipinski definition) is 7. The lowest BCUT2D eigenvalue weighted by Gasteiger charge is -2.18. The Balaban J connectivity index is 1.48. The molecule has 4 rings (SSSR count). The van der Waals surface area contributed by atoms with Crippen molar-refractivity contribution in [2.45, 2.75) is 19.1 Å². The molecule has 1 unspecified atom stereocenters. The summed E-state index contributed by atoms with van der Waals surface area (Å²) in [6, 6.07) is 7.56. The molecule has 0 spiro atoms. The number of aromatic amines is 3. The fraction of sp³-hybridized carbons (Fsp3) is 0.250. The number of nitrogens with zero attached hydrogens (tertiary/aromatic N) is 3. The van der Waals surface area contributed by atoms with Crippen molar-refractivity contribution in [3.8, 4) is 17.3 Å². The van der Waals surface area contributed by atoms with Crippen LogP contribution in [0.4, 0.5) is 10.1 Å². The second-order valence-corrected chi connectivity index (χ2v) is 7.04. The van der Waals surface area contributed by atoms with Gasteiger partial charge in [-0.15, -0.1) is 0 Å². The van der Waals surface area contributed by atoms with Crippen LogP contribution < -0.4 is 21.7 Å². The van der Waals surface area contributed by atoms with Gasteiger partial charge in [0.25, 0.3) is 11.1 Å². The first kappa shape index (κ1) is 20.2. The van der Waals surface area contributed by atoms with Crippen LogP contribution in [0.1, 0.15) is 17.5 Å². The third-order valence-electron chi connectivity index (χ3n) is 5.02. The SMILES string of the molecule is N#Cc1ccc(COC2CCN(c3cc(-c4c[nH]c(=O)[nH]c4=O)n[nH]c3=O)C2)c(F)c1. The van der Waals surface area contributed by atoms with Gasteiger partial charge in [-0.1, -0.05) is 6.07 Å². The molecule has 158 valence electrons. The zero-order valence-electron chi connectivity index (χ0n) is 16.1. The summed E-state index contributed by atoms with van der Waals surface area (Å²) >= 11 is 0. The van der Waals surface area contributed by atoms with E-state index in [0.29, 0.717) is 30.8 Å². The van der Waals surface area contributed by atoms with Gasteiger partial charge in [-0.3, -0.25) is 14.6 Å². The zero-order chi connectivity index (χ0) is 22.0. The molecule has 0 bridgehead atoms. The van der Waals surface area contributed by atoms with Gasteiger partial charge in [-0.25, -0.2) is 14.3 Å². The Hall–Kier alpha value is -4.04. The largest absolute Gasteiger partial charge is 0.372 e. The van der Waals surface area contributed by atoms with E-state index in [-0.39, 0.29) is 29.5 Å². The van der Waals surface area contributed by atoms with Crippen molar-refractivity contribution in [1.29, 1.82) is 5.26 Å². The van der Waals surface area contributed by atoms with E-state index in [2.05, 4.69) is 20.2 Å². The first-order valence-electron chi connectivity index (χ1n) is 9.42. The van der Waals surface area contributed by atoms with Crippen LogP contribution in [0.2, 0.25) is 0 Å². The zero-order valence-corrected chi connectivity index (χ0v) is 16.1. The van der Waals surface area contributed by atoms with Crippen molar-refractivity contribution in [2.75, 3.05) is 18.0 Å². The molecule has 10 nitrogen and oxygen atoms in total. The van der Waals surface area contributed by atoms with Crippen molar-refractivity contribution in [2.24, 2.45) is 0 Å². The molecule has 1 atom stereocenters. The summed E-state index contributed by atoms with van der Waals surface area (Å²) in [7, 11) is 0. The van der Waals surface area contributed by atoms with Crippen molar-refractivity contribution >= 4 is 5.69 Å². The molecule has 0 radical (unpaired) electrons. The molecule has 0 amide bonds. The minimum Gasteiger partial charge on any atom is -0.372 e. The van der Waals surface area contributed by atoms with Crippen molar-refractivity contribution in [3.05, 3.63) is 78.6 Å². The smallest absolute Gasteiger partial charge is 0.325 e. The number of nitriles is 1. The summed E-state index contributed by atoms with van der Waals surface area (Å²) in [4.78, 5) is 41.8. The van der Waals surface area contributed by atoms with E-state index in [1.165, 1.54) is 24.4 Å². The summed E-state index contributed by atoms with van der Waals surface area (Å²) in [6.45, 7) is 0.961. The van der Waals surface area contributed by atoms with Crippen molar-refractivity contribution in [3.63, 3.8) is 0 Å². The van der Waals surface area contributed by atoms with Gasteiger partial charge in [0, 0.05) is 24.8 Å². The second kappa shape index (κ2) is 8.37. The molecule has 1 fully saturated rings. The average Bonchev–Trinajstić information content (AvgIpc) is 3.22. The highest BCUT2D eigenvalue weighted by molar-refractivity contribution is 5.62. The maximum absolute atomic E-state index is 14.0. The van der Waals surface area contributed by atoms with Crippen LogP contribution in [0.5, 0.6) is 0 Å². The first-order valence-corrected chi connectivity index (χ1v) is 9.42. The molecular formula is C20H17FN6O4. The second-order valence-electron chi connectivity index (χ2n) is 7.04. The van der Waals surface area contributed by atoms with Gasteiger partial charge >= 0.3 is 5.69 Å². The van der Waals surface area contributed by atoms with Gasteiger partial charge in [0.05, 0.1) is 35.6 Å². The normalized spacial score (nSPS) is 15.7. The summed E-state index contributed by atoms with van der Waals surface area (Å²) < 4.78 is 19.8. The van der Waals surface area contributed by atoms with Gasteiger partial charge in [0.1, 0.15) is 11.5 Å². The number of ether oxygens (including phenoxy) is 1. The summed E-state index contributed by atoms with van der Waals surface area (Å²) in [5.74, 6) is -0.504. The molecule has 2 aromatic heterocycles. The van der Waals surface area contributed by atoms with Crippen LogP contribution >= 0.6 is 0 Å². The standard InChI is InChI=1S/C20H17FN6O4/c21-15-5-11(7-22)1-2-12(15)10-31-13-3-4-27(9-13)17-6-16(25-26-19(17)29)14-8-23-20(30)24-18(14)28/h1-2,5-6,8,13H,3-4,9-10H2,(H,26,29)(H2,23,24,28,30). The minimum atomic E-state index is -0.642. The lowest BCUT2D eigenvalue weighted by molar-refractivity contribution is 0.0537. The molecule has 1 aliphatic rings. The van der Waals surface area contributed by atoms with E-state index in [1.54, 1.807) is 4.90 Å². The van der Waals surface area contributed by atoms with E-state index in [1.807, 2.05) is 6.07 Å². The van der Waals surface area contributed by atoms with Gasteiger partial charge in [0.2, 0.25) is 0 Å². The monoisotopic (exact) mass is 424 g/mol. The van der Waals surface area contributed by atoms with E-state index < -0.39 is 22.6 Å². The number of rotatable bonds is 5. The number of H-pyrrole nitrogens is 3. The lowest BCUT2D eigenvalue weighted by Crippen LogP contribution is -2.29. The minimum absolute atomic E-state index is 0.0424. The Morgan fingerprint density at radius 3 is 2.84 bits per heavy atom. The van der Waals surface area contributed by atoms with Crippen molar-refractivity contribution in [1.82, 2.24) is 20.2 Å². The average molecular weight is 424 g/mol. The van der Waals surface area contributed by atoms with Crippen LogP contribution in [0.3, 0.4) is 0 Å². The highest BCUT2D eigenvalue weighted by Crippen LogP contribution is 2.22. The molecule has 1 aliphatic heterocycles. The van der Waals surface area contributed by atoms with Crippen LogP contribution in [-0.2, 0) is 11.3 Å². The van der Waals surface area contributed by atoms with E-state index in [0.717, 1.165) is 6.07 Å². The quantitative estimate of drug-likeness (QED) is 0.544. The predicted octanol–water partition coefficient (Wildman–Crippen LogP) is 0.620. The Morgan fingerprint density at radius 1 is 1.26 bits per heavy atom. The fourth-order valence-corrected chi connectivity index (χ4v) is 3.39. The summed E-state index contributed by atoms with van der Waals surface area (Å²) in [6.07, 6.45) is 1.62. The first-order chi connectivity index (χ1) is 14.9. The molecule has 31 heavy (non-hydrogen) atoms. The number of halogens is 1. The fourth-order valence-electron chi connectivity index (χ4n) is 3.39. The van der Waals surface area contributed by atoms with Gasteiger partial charge < -0.3 is 14.6 Å². The maximum atomic E-state index is 14.0. The Labute approximate surface area is 173 Å². The van der Waals surface area contributed by atoms with E-state index in [9.17, 15) is 18.8 Å². The maximum Gasteiger partial charge on any atom is 0.325 e. The number of benzene rings is 1. The topological polar surface area (TPSA) is 148 Å². The Bertz CT molecular complexity index is 1340. The van der Waals surface area contributed by atoms with Crippen LogP contribution in [0.15, 0.2) is 44.8 Å². The predicted molar refractivity (Wildman–Crippen MR) is 108 cm³/mol. The summed E-state index contributed by atoms with van der Waals surface area (Å²) in [5, 5.41) is 15.1. The molecule has 3 aromatic rings. The van der Waals surface area contributed by atoms with Crippen LogP contribution in [-0.4, -0.2) is 39.4 Å². The number of nitrogens with one attached hydrogen (secondary N) is 3. The molecule has 11 heteroatoms. The summed E-state index contributed by atoms with van der Waals surface area (Å²) in [5.41, 5.74) is -0.481. The molecule has 0 aliphatic carbocycles. The Morgan fingerprint density at radius 2 is 2.10 bits per heavy atom. The highest BCUT2D eigenvalue weighted by Gasteiger charge is 2.26. The highest BCUT2D eigenvalue weighted by atomic mass is 19.1. The molecule has 0 saturated carbocycles. The number of hydrogen-bond donors (Lipinski definition) is 3. The lowest BCUT2D eigenvalue weighted by atomic mass is 10.1. The third kappa shape index (κ3) is 4.29. The number of aromatic nitrogens is 4. The van der Waals surface area contributed by atoms with Gasteiger partial charge in [-0.2, -0.15) is 10.4 Å². The van der Waals surface area contributed by atoms with E-state index >= 15 is 0 Å². The van der Waals surface area contributed by atoms with Gasteiger partial charge in [-0.05, 0) is 24.6 Å². The molecule has 1 saturated heterocycles. The molecule has 3 N–H and O–H groups in total. The number of anilines is 1. The molecule has 1 aromatic carbocycles. The van der Waals surface area contributed by atoms with Crippen LogP contribution in [0, 0.1) is 17.1 Å². The van der Waals surface area contributed by atoms with Crippen molar-refractivity contribution < 1.29 is 9.13 Å². The molecule has 3 heterocycles. The Kier molecular flexibility index (Phi) is 5.46. The van der Waals surface area contributed by atoms with Gasteiger partial charge in [0.15, 0.2) is 0 Å². The molecular weight excluding hydrogens is 407 g/mol. The van der Waals surface area contributed by atoms with Crippen LogP contribution in [0.25, 0.3) is 11.3 Å².